The lowest BCUT2D eigenvalue weighted by Crippen LogP contribution is -2.40. The van der Waals surface area contributed by atoms with Gasteiger partial charge in [-0.1, -0.05) is 26.8 Å². The maximum absolute atomic E-state index is 11.8. The molecular weight excluding hydrogens is 292 g/mol. The highest BCUT2D eigenvalue weighted by atomic mass is 35.5. The molecule has 21 heavy (non-hydrogen) atoms. The molecule has 1 unspecified atom stereocenters. The number of hydrogen-bond acceptors (Lipinski definition) is 4. The fourth-order valence-electron chi connectivity index (χ4n) is 2.01. The maximum atomic E-state index is 11.8. The quantitative estimate of drug-likeness (QED) is 0.869. The van der Waals surface area contributed by atoms with E-state index in [2.05, 4.69) is 19.2 Å². The van der Waals surface area contributed by atoms with Crippen LogP contribution in [-0.4, -0.2) is 25.8 Å². The summed E-state index contributed by atoms with van der Waals surface area (Å²) in [5.41, 5.74) is 6.40. The summed E-state index contributed by atoms with van der Waals surface area (Å²) in [4.78, 5) is 11.8. The minimum absolute atomic E-state index is 0. The zero-order valence-corrected chi connectivity index (χ0v) is 13.5. The van der Waals surface area contributed by atoms with E-state index in [4.69, 9.17) is 15.2 Å². The number of halogens is 1. The molecule has 0 saturated carbocycles. The lowest BCUT2D eigenvalue weighted by molar-refractivity contribution is -0.124. The molecule has 1 aromatic rings. The molecule has 0 aliphatic carbocycles. The minimum Gasteiger partial charge on any atom is -0.454 e. The number of rotatable bonds is 5. The maximum Gasteiger partial charge on any atom is 0.231 e. The van der Waals surface area contributed by atoms with Crippen molar-refractivity contribution in [2.45, 2.75) is 26.2 Å². The third-order valence-electron chi connectivity index (χ3n) is 3.66. The van der Waals surface area contributed by atoms with Crippen LogP contribution in [0.1, 0.15) is 26.3 Å². The first-order valence-corrected chi connectivity index (χ1v) is 6.82. The Balaban J connectivity index is 0.00000220. The van der Waals surface area contributed by atoms with Crippen LogP contribution in [-0.2, 0) is 10.2 Å². The molecule has 5 nitrogen and oxygen atoms in total. The normalized spacial score (nSPS) is 14.3. The second-order valence-electron chi connectivity index (χ2n) is 5.81. The predicted octanol–water partition coefficient (Wildman–Crippen LogP) is 1.83. The SMILES string of the molecule is CC(CN)C(=O)NCC(C)(C)c1ccc2c(c1)OCO2.Cl. The smallest absolute Gasteiger partial charge is 0.231 e. The average Bonchev–Trinajstić information content (AvgIpc) is 2.91. The fraction of sp³-hybridized carbons (Fsp3) is 0.533. The van der Waals surface area contributed by atoms with Gasteiger partial charge >= 0.3 is 0 Å². The van der Waals surface area contributed by atoms with Crippen molar-refractivity contribution in [1.29, 1.82) is 0 Å². The summed E-state index contributed by atoms with van der Waals surface area (Å²) >= 11 is 0. The molecule has 1 aliphatic heterocycles. The van der Waals surface area contributed by atoms with Gasteiger partial charge in [0.05, 0.1) is 0 Å². The lowest BCUT2D eigenvalue weighted by Gasteiger charge is -2.26. The van der Waals surface area contributed by atoms with Gasteiger partial charge in [-0.3, -0.25) is 4.79 Å². The third kappa shape index (κ3) is 4.02. The Morgan fingerprint density at radius 3 is 2.71 bits per heavy atom. The second-order valence-corrected chi connectivity index (χ2v) is 5.81. The standard InChI is InChI=1S/C15H22N2O3.ClH/c1-10(7-16)14(18)17-8-15(2,3)11-4-5-12-13(6-11)20-9-19-12;/h4-6,10H,7-9,16H2,1-3H3,(H,17,18);1H. The largest absolute Gasteiger partial charge is 0.454 e. The van der Waals surface area contributed by atoms with Gasteiger partial charge in [-0.25, -0.2) is 0 Å². The van der Waals surface area contributed by atoms with Crippen LogP contribution < -0.4 is 20.5 Å². The van der Waals surface area contributed by atoms with E-state index in [0.29, 0.717) is 13.1 Å². The molecule has 1 atom stereocenters. The number of carbonyl (C=O) groups is 1. The third-order valence-corrected chi connectivity index (χ3v) is 3.66. The Morgan fingerprint density at radius 2 is 2.05 bits per heavy atom. The number of fused-ring (bicyclic) bond motifs is 1. The van der Waals surface area contributed by atoms with Gasteiger partial charge in [0.25, 0.3) is 0 Å². The van der Waals surface area contributed by atoms with Gasteiger partial charge < -0.3 is 20.5 Å². The zero-order valence-electron chi connectivity index (χ0n) is 12.6. The van der Waals surface area contributed by atoms with Crippen LogP contribution in [0.3, 0.4) is 0 Å². The molecule has 118 valence electrons. The van der Waals surface area contributed by atoms with E-state index in [1.165, 1.54) is 0 Å². The zero-order chi connectivity index (χ0) is 14.8. The van der Waals surface area contributed by atoms with E-state index in [1.807, 2.05) is 25.1 Å². The number of hydrogen-bond donors (Lipinski definition) is 2. The molecule has 0 fully saturated rings. The number of nitrogens with one attached hydrogen (secondary N) is 1. The second kappa shape index (κ2) is 7.00. The summed E-state index contributed by atoms with van der Waals surface area (Å²) in [5, 5.41) is 2.95. The van der Waals surface area contributed by atoms with Crippen molar-refractivity contribution in [3.63, 3.8) is 0 Å². The van der Waals surface area contributed by atoms with Crippen molar-refractivity contribution < 1.29 is 14.3 Å². The molecular formula is C15H23ClN2O3. The van der Waals surface area contributed by atoms with Crippen molar-refractivity contribution in [2.24, 2.45) is 11.7 Å². The summed E-state index contributed by atoms with van der Waals surface area (Å²) in [6, 6.07) is 5.89. The topological polar surface area (TPSA) is 73.6 Å². The van der Waals surface area contributed by atoms with Crippen LogP contribution in [0.25, 0.3) is 0 Å². The number of ether oxygens (including phenoxy) is 2. The van der Waals surface area contributed by atoms with E-state index >= 15 is 0 Å². The molecule has 0 aromatic heterocycles. The van der Waals surface area contributed by atoms with Gasteiger partial charge in [0.15, 0.2) is 11.5 Å². The molecule has 3 N–H and O–H groups in total. The van der Waals surface area contributed by atoms with Gasteiger partial charge in [0.2, 0.25) is 12.7 Å². The van der Waals surface area contributed by atoms with Crippen LogP contribution in [0.4, 0.5) is 0 Å². The van der Waals surface area contributed by atoms with Crippen molar-refractivity contribution >= 4 is 18.3 Å². The summed E-state index contributed by atoms with van der Waals surface area (Å²) in [6.45, 7) is 7.16. The number of amides is 1. The first-order valence-electron chi connectivity index (χ1n) is 6.82. The Kier molecular flexibility index (Phi) is 5.87. The first kappa shape index (κ1) is 17.6. The van der Waals surface area contributed by atoms with Crippen molar-refractivity contribution in [2.75, 3.05) is 19.9 Å². The van der Waals surface area contributed by atoms with Gasteiger partial charge in [0, 0.05) is 24.4 Å². The Hall–Kier alpha value is -1.46. The van der Waals surface area contributed by atoms with Gasteiger partial charge in [-0.15, -0.1) is 12.4 Å². The van der Waals surface area contributed by atoms with Crippen LogP contribution in [0.2, 0.25) is 0 Å². The monoisotopic (exact) mass is 314 g/mol. The average molecular weight is 315 g/mol. The Labute approximate surface area is 131 Å². The Bertz CT molecular complexity index is 506. The highest BCUT2D eigenvalue weighted by Gasteiger charge is 2.25. The number of carbonyl (C=O) groups excluding carboxylic acids is 1. The van der Waals surface area contributed by atoms with Crippen LogP contribution in [0.5, 0.6) is 11.5 Å². The van der Waals surface area contributed by atoms with Gasteiger partial charge in [-0.05, 0) is 17.7 Å². The minimum atomic E-state index is -0.190. The van der Waals surface area contributed by atoms with Gasteiger partial charge in [-0.2, -0.15) is 0 Å². The molecule has 2 rings (SSSR count). The fourth-order valence-corrected chi connectivity index (χ4v) is 2.01. The molecule has 1 heterocycles. The number of benzene rings is 1. The van der Waals surface area contributed by atoms with Crippen molar-refractivity contribution in [3.8, 4) is 11.5 Å². The van der Waals surface area contributed by atoms with Gasteiger partial charge in [0.1, 0.15) is 0 Å². The Morgan fingerprint density at radius 1 is 1.38 bits per heavy atom. The predicted molar refractivity (Wildman–Crippen MR) is 84.1 cm³/mol. The highest BCUT2D eigenvalue weighted by molar-refractivity contribution is 5.85. The van der Waals surface area contributed by atoms with Crippen molar-refractivity contribution in [1.82, 2.24) is 5.32 Å². The molecule has 0 bridgehead atoms. The van der Waals surface area contributed by atoms with Crippen LogP contribution in [0, 0.1) is 5.92 Å². The van der Waals surface area contributed by atoms with E-state index < -0.39 is 0 Å². The summed E-state index contributed by atoms with van der Waals surface area (Å²) < 4.78 is 10.7. The van der Waals surface area contributed by atoms with E-state index in [0.717, 1.165) is 17.1 Å². The summed E-state index contributed by atoms with van der Waals surface area (Å²) in [6.07, 6.45) is 0. The van der Waals surface area contributed by atoms with E-state index in [1.54, 1.807) is 0 Å². The summed E-state index contributed by atoms with van der Waals surface area (Å²) in [5.74, 6) is 1.35. The van der Waals surface area contributed by atoms with Crippen LogP contribution >= 0.6 is 12.4 Å². The molecule has 0 radical (unpaired) electrons. The molecule has 1 amide bonds. The lowest BCUT2D eigenvalue weighted by atomic mass is 9.84. The van der Waals surface area contributed by atoms with Crippen molar-refractivity contribution in [3.05, 3.63) is 23.8 Å². The van der Waals surface area contributed by atoms with E-state index in [-0.39, 0.29) is 36.4 Å². The molecule has 1 aliphatic rings. The van der Waals surface area contributed by atoms with Crippen LogP contribution in [0.15, 0.2) is 18.2 Å². The highest BCUT2D eigenvalue weighted by Crippen LogP contribution is 2.36. The molecule has 6 heteroatoms. The number of nitrogens with two attached hydrogens (primary N) is 1. The first-order chi connectivity index (χ1) is 9.44. The molecule has 0 spiro atoms. The molecule has 0 saturated heterocycles. The molecule has 1 aromatic carbocycles. The van der Waals surface area contributed by atoms with E-state index in [9.17, 15) is 4.79 Å². The summed E-state index contributed by atoms with van der Waals surface area (Å²) in [7, 11) is 0.